The Morgan fingerprint density at radius 3 is 1.28 bits per heavy atom. The minimum Gasteiger partial charge on any atom is -0.467 e. The molecule has 1 aliphatic rings. The highest BCUT2D eigenvalue weighted by Gasteiger charge is 2.28. The molecule has 4 aromatic rings. The molecule has 1 aliphatic carbocycles. The highest BCUT2D eigenvalue weighted by molar-refractivity contribution is 5.90. The van der Waals surface area contributed by atoms with E-state index < -0.39 is 0 Å². The maximum Gasteiger partial charge on any atom is 0.322 e. The number of carbonyl (C=O) groups is 2. The van der Waals surface area contributed by atoms with Gasteiger partial charge in [0.05, 0.1) is 25.6 Å². The minimum absolute atomic E-state index is 0.143. The van der Waals surface area contributed by atoms with Gasteiger partial charge in [-0.05, 0) is 110 Å². The largest absolute Gasteiger partial charge is 0.467 e. The summed E-state index contributed by atoms with van der Waals surface area (Å²) in [7, 11) is 7.96. The number of carbonyl (C=O) groups excluding carboxylic acids is 2. The standard InChI is InChI=1S/C36H46N6O4/c1-39(2)31-17-13-29(14-18-31)37-35(43)41(25-33-7-5-21-45-33)23-27-9-11-28(12-10-27)24-42(26-34-8-6-22-46-34)36(44)38-30-15-19-32(20-16-30)40(3)4/h5-8,13-22,27-28H,9-12,23-26H2,1-4H3,(H,37,43)(H,38,44)/t27-,28-. The molecule has 0 saturated heterocycles. The fraction of sp³-hybridized carbons (Fsp3) is 0.389. The van der Waals surface area contributed by atoms with Gasteiger partial charge in [-0.25, -0.2) is 9.59 Å². The number of hydrogen-bond donors (Lipinski definition) is 2. The van der Waals surface area contributed by atoms with E-state index in [1.807, 2.05) is 121 Å². The normalized spacial score (nSPS) is 16.0. The number of urea groups is 2. The molecule has 0 bridgehead atoms. The molecule has 2 aromatic carbocycles. The molecule has 2 aromatic heterocycles. The van der Waals surface area contributed by atoms with Gasteiger partial charge in [0.25, 0.3) is 0 Å². The topological polar surface area (TPSA) is 97.4 Å². The van der Waals surface area contributed by atoms with Crippen LogP contribution >= 0.6 is 0 Å². The van der Waals surface area contributed by atoms with Gasteiger partial charge in [0, 0.05) is 64.0 Å². The molecule has 2 heterocycles. The van der Waals surface area contributed by atoms with E-state index in [1.54, 1.807) is 12.5 Å². The monoisotopic (exact) mass is 626 g/mol. The molecule has 10 heteroatoms. The van der Waals surface area contributed by atoms with Gasteiger partial charge in [-0.15, -0.1) is 0 Å². The fourth-order valence-corrected chi connectivity index (χ4v) is 5.93. The molecule has 0 aliphatic heterocycles. The number of anilines is 4. The van der Waals surface area contributed by atoms with Gasteiger partial charge in [-0.3, -0.25) is 0 Å². The second-order valence-corrected chi connectivity index (χ2v) is 12.5. The summed E-state index contributed by atoms with van der Waals surface area (Å²) in [5.74, 6) is 2.22. The van der Waals surface area contributed by atoms with Crippen molar-refractivity contribution < 1.29 is 18.4 Å². The maximum atomic E-state index is 13.5. The van der Waals surface area contributed by atoms with Gasteiger partial charge in [0.2, 0.25) is 0 Å². The molecule has 10 nitrogen and oxygen atoms in total. The zero-order chi connectivity index (χ0) is 32.5. The van der Waals surface area contributed by atoms with Gasteiger partial charge in [-0.2, -0.15) is 0 Å². The molecule has 5 rings (SSSR count). The van der Waals surface area contributed by atoms with E-state index in [9.17, 15) is 9.59 Å². The SMILES string of the molecule is CN(C)c1ccc(NC(=O)N(Cc2ccco2)C[C@H]2CC[C@H](CN(Cc3ccco3)C(=O)Nc3ccc(N(C)C)cc3)CC2)cc1. The highest BCUT2D eigenvalue weighted by Crippen LogP contribution is 2.31. The maximum absolute atomic E-state index is 13.5. The van der Waals surface area contributed by atoms with Crippen LogP contribution in [-0.4, -0.2) is 63.1 Å². The van der Waals surface area contributed by atoms with E-state index in [1.165, 1.54) is 0 Å². The van der Waals surface area contributed by atoms with E-state index in [4.69, 9.17) is 8.83 Å². The minimum atomic E-state index is -0.143. The van der Waals surface area contributed by atoms with Gasteiger partial charge < -0.3 is 39.1 Å². The van der Waals surface area contributed by atoms with Crippen LogP contribution in [0.15, 0.2) is 94.2 Å². The van der Waals surface area contributed by atoms with Crippen molar-refractivity contribution in [3.63, 3.8) is 0 Å². The first kappa shape index (κ1) is 32.5. The Kier molecular flexibility index (Phi) is 10.9. The van der Waals surface area contributed by atoms with E-state index in [2.05, 4.69) is 10.6 Å². The van der Waals surface area contributed by atoms with Crippen molar-refractivity contribution in [3.8, 4) is 0 Å². The lowest BCUT2D eigenvalue weighted by Gasteiger charge is -2.35. The van der Waals surface area contributed by atoms with Crippen LogP contribution in [0.4, 0.5) is 32.3 Å². The van der Waals surface area contributed by atoms with E-state index >= 15 is 0 Å². The molecule has 1 fully saturated rings. The van der Waals surface area contributed by atoms with Crippen molar-refractivity contribution in [2.24, 2.45) is 11.8 Å². The van der Waals surface area contributed by atoms with Gasteiger partial charge >= 0.3 is 12.1 Å². The Balaban J connectivity index is 1.18. The van der Waals surface area contributed by atoms with Crippen molar-refractivity contribution in [1.82, 2.24) is 9.80 Å². The van der Waals surface area contributed by atoms with Crippen molar-refractivity contribution in [1.29, 1.82) is 0 Å². The second kappa shape index (κ2) is 15.4. The molecule has 0 spiro atoms. The van der Waals surface area contributed by atoms with Crippen LogP contribution in [0.3, 0.4) is 0 Å². The van der Waals surface area contributed by atoms with Crippen LogP contribution in [0.5, 0.6) is 0 Å². The number of hydrogen-bond acceptors (Lipinski definition) is 6. The highest BCUT2D eigenvalue weighted by atomic mass is 16.3. The molecule has 4 amide bonds. The van der Waals surface area contributed by atoms with Crippen LogP contribution in [0.2, 0.25) is 0 Å². The second-order valence-electron chi connectivity index (χ2n) is 12.5. The Hall–Kier alpha value is -4.86. The summed E-state index contributed by atoms with van der Waals surface area (Å²) in [4.78, 5) is 34.7. The summed E-state index contributed by atoms with van der Waals surface area (Å²) in [6, 6.07) is 22.9. The molecular formula is C36H46N6O4. The first-order chi connectivity index (χ1) is 22.2. The van der Waals surface area contributed by atoms with Crippen LogP contribution in [0, 0.1) is 11.8 Å². The molecule has 46 heavy (non-hydrogen) atoms. The number of rotatable bonds is 12. The van der Waals surface area contributed by atoms with Crippen LogP contribution in [0.25, 0.3) is 0 Å². The number of amides is 4. The zero-order valence-electron chi connectivity index (χ0n) is 27.3. The lowest BCUT2D eigenvalue weighted by atomic mass is 9.81. The summed E-state index contributed by atoms with van der Waals surface area (Å²) in [6.07, 6.45) is 7.19. The number of furan rings is 2. The average molecular weight is 627 g/mol. The third-order valence-corrected chi connectivity index (χ3v) is 8.62. The predicted molar refractivity (Wildman–Crippen MR) is 183 cm³/mol. The molecule has 244 valence electrons. The molecule has 0 unspecified atom stereocenters. The Morgan fingerprint density at radius 2 is 0.978 bits per heavy atom. The molecule has 2 N–H and O–H groups in total. The lowest BCUT2D eigenvalue weighted by molar-refractivity contribution is 0.151. The summed E-state index contributed by atoms with van der Waals surface area (Å²) in [6.45, 7) is 2.07. The first-order valence-electron chi connectivity index (χ1n) is 15.9. The predicted octanol–water partition coefficient (Wildman–Crippen LogP) is 7.58. The average Bonchev–Trinajstić information content (AvgIpc) is 3.76. The summed E-state index contributed by atoms with van der Waals surface area (Å²) in [5, 5.41) is 6.14. The number of benzene rings is 2. The van der Waals surface area contributed by atoms with Crippen molar-refractivity contribution in [2.45, 2.75) is 38.8 Å². The van der Waals surface area contributed by atoms with Crippen molar-refractivity contribution in [3.05, 3.63) is 96.8 Å². The van der Waals surface area contributed by atoms with Gasteiger partial charge in [0.1, 0.15) is 11.5 Å². The van der Waals surface area contributed by atoms with Crippen LogP contribution in [-0.2, 0) is 13.1 Å². The van der Waals surface area contributed by atoms with Gasteiger partial charge in [0.15, 0.2) is 0 Å². The third-order valence-electron chi connectivity index (χ3n) is 8.62. The molecule has 0 atom stereocenters. The van der Waals surface area contributed by atoms with E-state index in [0.29, 0.717) is 38.0 Å². The summed E-state index contributed by atoms with van der Waals surface area (Å²) >= 11 is 0. The summed E-state index contributed by atoms with van der Waals surface area (Å²) in [5.41, 5.74) is 3.65. The van der Waals surface area contributed by atoms with Crippen LogP contribution in [0.1, 0.15) is 37.2 Å². The lowest BCUT2D eigenvalue weighted by Crippen LogP contribution is -2.41. The molecule has 1 saturated carbocycles. The van der Waals surface area contributed by atoms with E-state index in [0.717, 1.165) is 60.0 Å². The fourth-order valence-electron chi connectivity index (χ4n) is 5.93. The quantitative estimate of drug-likeness (QED) is 0.168. The van der Waals surface area contributed by atoms with Gasteiger partial charge in [-0.1, -0.05) is 0 Å². The van der Waals surface area contributed by atoms with Crippen LogP contribution < -0.4 is 20.4 Å². The summed E-state index contributed by atoms with van der Waals surface area (Å²) < 4.78 is 11.2. The van der Waals surface area contributed by atoms with Crippen molar-refractivity contribution in [2.75, 3.05) is 61.7 Å². The Morgan fingerprint density at radius 1 is 0.609 bits per heavy atom. The smallest absolute Gasteiger partial charge is 0.322 e. The first-order valence-corrected chi connectivity index (χ1v) is 15.9. The number of nitrogens with zero attached hydrogens (tertiary/aromatic N) is 4. The van der Waals surface area contributed by atoms with E-state index in [-0.39, 0.29) is 12.1 Å². The Labute approximate surface area is 271 Å². The zero-order valence-corrected chi connectivity index (χ0v) is 27.3. The molecule has 0 radical (unpaired) electrons. The Bertz CT molecular complexity index is 1380. The molecular weight excluding hydrogens is 580 g/mol. The third kappa shape index (κ3) is 9.09. The van der Waals surface area contributed by atoms with Crippen molar-refractivity contribution >= 4 is 34.8 Å². The number of nitrogens with one attached hydrogen (secondary N) is 2.